The molecule has 0 saturated heterocycles. The Hall–Kier alpha value is -3.17. The molecule has 0 spiro atoms. The first-order chi connectivity index (χ1) is 17.4. The minimum absolute atomic E-state index is 0.0756. The molecule has 1 aliphatic heterocycles. The van der Waals surface area contributed by atoms with Gasteiger partial charge in [0.25, 0.3) is 0 Å². The molecule has 3 aromatic carbocycles. The van der Waals surface area contributed by atoms with Crippen molar-refractivity contribution in [3.8, 4) is 5.75 Å². The van der Waals surface area contributed by atoms with E-state index in [0.717, 1.165) is 17.8 Å². The Bertz CT molecular complexity index is 1470. The molecule has 1 heterocycles. The van der Waals surface area contributed by atoms with Crippen LogP contribution in [-0.2, 0) is 28.4 Å². The third-order valence-electron chi connectivity index (χ3n) is 5.37. The molecule has 0 amide bonds. The molecule has 1 aliphatic rings. The number of hydrogen-bond donors (Lipinski definition) is 0. The fourth-order valence-corrected chi connectivity index (χ4v) is 5.17. The van der Waals surface area contributed by atoms with Gasteiger partial charge in [-0.25, -0.2) is 0 Å². The Morgan fingerprint density at radius 2 is 1.76 bits per heavy atom. The van der Waals surface area contributed by atoms with Crippen LogP contribution in [0.3, 0.4) is 0 Å². The number of anilines is 1. The molecule has 37 heavy (non-hydrogen) atoms. The molecule has 3 aromatic rings. The van der Waals surface area contributed by atoms with Crippen LogP contribution in [0, 0.1) is 5.82 Å². The first-order valence-electron chi connectivity index (χ1n) is 10.9. The van der Waals surface area contributed by atoms with Crippen molar-refractivity contribution in [1.82, 2.24) is 0 Å². The second-order valence-corrected chi connectivity index (χ2v) is 11.6. The molecule has 12 heteroatoms. The summed E-state index contributed by atoms with van der Waals surface area (Å²) in [4.78, 5) is 10.9. The van der Waals surface area contributed by atoms with Gasteiger partial charge in [0.15, 0.2) is 0 Å². The number of rotatable bonds is 7. The van der Waals surface area contributed by atoms with Gasteiger partial charge in [-0.15, -0.1) is 0 Å². The van der Waals surface area contributed by atoms with Crippen molar-refractivity contribution in [3.05, 3.63) is 94.8 Å². The summed E-state index contributed by atoms with van der Waals surface area (Å²) >= 11 is 1.22. The summed E-state index contributed by atoms with van der Waals surface area (Å²) in [5, 5.41) is 0. The number of halogens is 4. The molecule has 1 atom stereocenters. The van der Waals surface area contributed by atoms with Crippen molar-refractivity contribution in [1.29, 1.82) is 0 Å². The molecular weight excluding hydrogens is 573 g/mol. The van der Waals surface area contributed by atoms with Gasteiger partial charge in [-0.1, -0.05) is 0 Å². The second kappa shape index (κ2) is 10.7. The Morgan fingerprint density at radius 3 is 2.41 bits per heavy atom. The van der Waals surface area contributed by atoms with Gasteiger partial charge in [0.05, 0.1) is 0 Å². The molecule has 194 valence electrons. The third kappa shape index (κ3) is 6.99. The van der Waals surface area contributed by atoms with E-state index in [1.165, 1.54) is 53.4 Å². The van der Waals surface area contributed by atoms with Crippen molar-refractivity contribution in [2.24, 2.45) is 9.98 Å². The number of benzene rings is 3. The van der Waals surface area contributed by atoms with E-state index in [-0.39, 0.29) is 24.8 Å². The first kappa shape index (κ1) is 26.9. The normalized spacial score (nSPS) is 14.3. The monoisotopic (exact) mass is 595 g/mol. The van der Waals surface area contributed by atoms with Crippen LogP contribution in [-0.4, -0.2) is 48.7 Å². The van der Waals surface area contributed by atoms with E-state index in [0.29, 0.717) is 27.1 Å². The van der Waals surface area contributed by atoms with Crippen LogP contribution >= 0.6 is 0 Å². The third-order valence-corrected chi connectivity index (χ3v) is 7.15. The summed E-state index contributed by atoms with van der Waals surface area (Å²) in [6.07, 6.45) is -3.26. The topological polar surface area (TPSA) is 71.3 Å². The standard InChI is InChI=1S/C25H22AsF4N3O3S/c1-37(34,35)14-17-3-2-4-20(11-17)33-15-31-23(32-24(33)26)21-10-9-19(27)12-22(21)36-13-16-5-7-18(8-6-16)25(28,29)30/h2-12H,13-15,26H2,1H3. The van der Waals surface area contributed by atoms with Crippen LogP contribution in [0.1, 0.15) is 22.3 Å². The Balaban J connectivity index is 1.53. The van der Waals surface area contributed by atoms with E-state index in [4.69, 9.17) is 4.74 Å². The molecule has 0 fully saturated rings. The Kier molecular flexibility index (Phi) is 7.75. The maximum atomic E-state index is 14.0. The zero-order chi connectivity index (χ0) is 26.8. The van der Waals surface area contributed by atoms with Crippen LogP contribution in [0.25, 0.3) is 0 Å². The summed E-state index contributed by atoms with van der Waals surface area (Å²) in [6.45, 7) is 0.123. The van der Waals surface area contributed by atoms with Crippen molar-refractivity contribution in [2.75, 3.05) is 17.8 Å². The fraction of sp³-hybridized carbons (Fsp3) is 0.200. The number of alkyl halides is 3. The number of aliphatic imine (C=N–C) groups is 2. The Morgan fingerprint density at radius 1 is 1.03 bits per heavy atom. The van der Waals surface area contributed by atoms with Gasteiger partial charge >= 0.3 is 207 Å². The van der Waals surface area contributed by atoms with Crippen LogP contribution in [0.2, 0.25) is 0 Å². The number of nitrogens with zero attached hydrogens (tertiary/aromatic N) is 3. The molecule has 0 radical (unpaired) electrons. The van der Waals surface area contributed by atoms with Gasteiger partial charge < -0.3 is 0 Å². The van der Waals surface area contributed by atoms with Gasteiger partial charge in [0.1, 0.15) is 0 Å². The van der Waals surface area contributed by atoms with E-state index in [9.17, 15) is 26.0 Å². The van der Waals surface area contributed by atoms with Gasteiger partial charge in [-0.05, 0) is 0 Å². The fourth-order valence-electron chi connectivity index (χ4n) is 3.64. The van der Waals surface area contributed by atoms with Crippen LogP contribution in [0.5, 0.6) is 5.75 Å². The number of sulfone groups is 1. The summed E-state index contributed by atoms with van der Waals surface area (Å²) in [5.41, 5.74) is 1.54. The Labute approximate surface area is 220 Å². The second-order valence-electron chi connectivity index (χ2n) is 8.39. The first-order valence-corrected chi connectivity index (χ1v) is 14.2. The van der Waals surface area contributed by atoms with Crippen LogP contribution in [0.4, 0.5) is 23.2 Å². The van der Waals surface area contributed by atoms with E-state index < -0.39 is 27.4 Å². The molecule has 0 aromatic heterocycles. The average Bonchev–Trinajstić information content (AvgIpc) is 2.81. The quantitative estimate of drug-likeness (QED) is 0.304. The van der Waals surface area contributed by atoms with Crippen molar-refractivity contribution < 1.29 is 30.7 Å². The van der Waals surface area contributed by atoms with Crippen molar-refractivity contribution in [3.63, 3.8) is 0 Å². The van der Waals surface area contributed by atoms with E-state index >= 15 is 0 Å². The van der Waals surface area contributed by atoms with Gasteiger partial charge in [0.2, 0.25) is 0 Å². The molecule has 0 saturated carbocycles. The summed E-state index contributed by atoms with van der Waals surface area (Å²) < 4.78 is 82.1. The van der Waals surface area contributed by atoms with Crippen molar-refractivity contribution >= 4 is 42.8 Å². The van der Waals surface area contributed by atoms with Crippen LogP contribution in [0.15, 0.2) is 76.7 Å². The van der Waals surface area contributed by atoms with E-state index in [2.05, 4.69) is 9.98 Å². The van der Waals surface area contributed by atoms with Gasteiger partial charge in [-0.2, -0.15) is 13.2 Å². The predicted molar refractivity (Wildman–Crippen MR) is 137 cm³/mol. The molecule has 0 bridgehead atoms. The molecule has 1 unspecified atom stereocenters. The minimum atomic E-state index is -4.44. The van der Waals surface area contributed by atoms with Crippen molar-refractivity contribution in [2.45, 2.75) is 18.5 Å². The number of ether oxygens (including phenoxy) is 1. The summed E-state index contributed by atoms with van der Waals surface area (Å²) in [5.74, 6) is -0.145. The molecular formula is C25H22AsF4N3O3S. The van der Waals surface area contributed by atoms with Gasteiger partial charge in [0, 0.05) is 0 Å². The molecule has 4 rings (SSSR count). The molecule has 6 nitrogen and oxygen atoms in total. The maximum absolute atomic E-state index is 14.0. The van der Waals surface area contributed by atoms with E-state index in [1.807, 2.05) is 11.0 Å². The summed E-state index contributed by atoms with van der Waals surface area (Å²) in [6, 6.07) is 15.6. The molecule has 0 N–H and O–H groups in total. The van der Waals surface area contributed by atoms with E-state index in [1.54, 1.807) is 18.2 Å². The zero-order valence-electron chi connectivity index (χ0n) is 19.5. The number of amidine groups is 2. The molecule has 0 aliphatic carbocycles. The number of hydrogen-bond acceptors (Lipinski definition) is 6. The zero-order valence-corrected chi connectivity index (χ0v) is 22.8. The SMILES string of the molecule is CS(=O)(=O)Cc1cccc(N2CN=C(c3ccc(F)cc3OCc3ccc(C(F)(F)F)cc3)N=C2[AsH2])c1. The summed E-state index contributed by atoms with van der Waals surface area (Å²) in [7, 11) is -3.19. The van der Waals surface area contributed by atoms with Gasteiger partial charge in [-0.3, -0.25) is 0 Å². The average molecular weight is 595 g/mol. The van der Waals surface area contributed by atoms with Crippen LogP contribution < -0.4 is 9.64 Å². The predicted octanol–water partition coefficient (Wildman–Crippen LogP) is 4.18.